The summed E-state index contributed by atoms with van der Waals surface area (Å²) >= 11 is 3.57. The van der Waals surface area contributed by atoms with Crippen molar-refractivity contribution >= 4 is 23.1 Å². The van der Waals surface area contributed by atoms with E-state index < -0.39 is 5.60 Å². The summed E-state index contributed by atoms with van der Waals surface area (Å²) in [5, 5.41) is 15.5. The van der Waals surface area contributed by atoms with Gasteiger partial charge in [0.25, 0.3) is 0 Å². The van der Waals surface area contributed by atoms with E-state index in [0.717, 1.165) is 11.4 Å². The number of aliphatic hydroxyl groups is 1. The van der Waals surface area contributed by atoms with E-state index in [1.54, 1.807) is 11.3 Å². The van der Waals surface area contributed by atoms with Crippen LogP contribution in [-0.2, 0) is 5.60 Å². The van der Waals surface area contributed by atoms with Gasteiger partial charge in [0.1, 0.15) is 5.60 Å². The molecule has 1 rings (SSSR count). The summed E-state index contributed by atoms with van der Waals surface area (Å²) in [7, 11) is 0. The number of thiophene rings is 1. The molecule has 0 fully saturated rings. The number of thioether (sulfide) groups is 1. The first-order chi connectivity index (χ1) is 7.67. The molecule has 0 aliphatic heterocycles. The predicted octanol–water partition coefficient (Wildman–Crippen LogP) is 2.69. The van der Waals surface area contributed by atoms with Gasteiger partial charge in [0.15, 0.2) is 0 Å². The minimum Gasteiger partial charge on any atom is -0.383 e. The molecule has 0 radical (unpaired) electrons. The summed E-state index contributed by atoms with van der Waals surface area (Å²) in [5.74, 6) is 2.39. The van der Waals surface area contributed by atoms with Crippen molar-refractivity contribution in [2.45, 2.75) is 25.9 Å². The fourth-order valence-electron chi connectivity index (χ4n) is 1.45. The van der Waals surface area contributed by atoms with Crippen molar-refractivity contribution in [1.82, 2.24) is 5.32 Å². The lowest BCUT2D eigenvalue weighted by Crippen LogP contribution is -2.35. The molecular weight excluding hydrogens is 238 g/mol. The van der Waals surface area contributed by atoms with Crippen molar-refractivity contribution < 1.29 is 5.11 Å². The van der Waals surface area contributed by atoms with Crippen molar-refractivity contribution in [2.24, 2.45) is 0 Å². The molecule has 0 amide bonds. The highest BCUT2D eigenvalue weighted by Gasteiger charge is 2.23. The predicted molar refractivity (Wildman–Crippen MR) is 74.4 cm³/mol. The first-order valence-corrected chi connectivity index (χ1v) is 7.75. The molecule has 0 saturated heterocycles. The quantitative estimate of drug-likeness (QED) is 0.704. The Balaban J connectivity index is 2.17. The normalized spacial score (nSPS) is 14.9. The second-order valence-electron chi connectivity index (χ2n) is 3.98. The molecule has 1 unspecified atom stereocenters. The van der Waals surface area contributed by atoms with Crippen LogP contribution in [0.5, 0.6) is 0 Å². The van der Waals surface area contributed by atoms with E-state index in [9.17, 15) is 5.11 Å². The molecule has 2 N–H and O–H groups in total. The molecule has 92 valence electrons. The fourth-order valence-corrected chi connectivity index (χ4v) is 2.87. The Bertz CT molecular complexity index is 273. The van der Waals surface area contributed by atoms with Crippen LogP contribution in [0.1, 0.15) is 25.1 Å². The van der Waals surface area contributed by atoms with Gasteiger partial charge in [0, 0.05) is 11.4 Å². The Morgan fingerprint density at radius 3 is 3.00 bits per heavy atom. The average molecular weight is 259 g/mol. The highest BCUT2D eigenvalue weighted by molar-refractivity contribution is 7.99. The highest BCUT2D eigenvalue weighted by atomic mass is 32.2. The van der Waals surface area contributed by atoms with Crippen LogP contribution in [0.25, 0.3) is 0 Å². The van der Waals surface area contributed by atoms with Gasteiger partial charge in [-0.3, -0.25) is 0 Å². The SMILES string of the molecule is CCSCCCNCC(C)(O)c1cccs1. The van der Waals surface area contributed by atoms with Gasteiger partial charge in [-0.05, 0) is 42.8 Å². The number of hydrogen-bond donors (Lipinski definition) is 2. The molecule has 16 heavy (non-hydrogen) atoms. The topological polar surface area (TPSA) is 32.3 Å². The molecule has 0 bridgehead atoms. The largest absolute Gasteiger partial charge is 0.383 e. The van der Waals surface area contributed by atoms with Gasteiger partial charge < -0.3 is 10.4 Å². The molecule has 0 aromatic carbocycles. The zero-order valence-corrected chi connectivity index (χ0v) is 11.7. The minimum atomic E-state index is -0.730. The second-order valence-corrected chi connectivity index (χ2v) is 6.32. The maximum Gasteiger partial charge on any atom is 0.108 e. The van der Waals surface area contributed by atoms with Crippen LogP contribution in [0.4, 0.5) is 0 Å². The summed E-state index contributed by atoms with van der Waals surface area (Å²) in [4.78, 5) is 1.03. The van der Waals surface area contributed by atoms with Crippen molar-refractivity contribution in [2.75, 3.05) is 24.6 Å². The molecule has 0 saturated carbocycles. The van der Waals surface area contributed by atoms with E-state index >= 15 is 0 Å². The number of hydrogen-bond acceptors (Lipinski definition) is 4. The van der Waals surface area contributed by atoms with Gasteiger partial charge in [-0.25, -0.2) is 0 Å². The zero-order chi connectivity index (χ0) is 11.9. The zero-order valence-electron chi connectivity index (χ0n) is 10.0. The summed E-state index contributed by atoms with van der Waals surface area (Å²) in [5.41, 5.74) is -0.730. The van der Waals surface area contributed by atoms with E-state index in [4.69, 9.17) is 0 Å². The number of nitrogens with one attached hydrogen (secondary N) is 1. The maximum atomic E-state index is 10.2. The van der Waals surface area contributed by atoms with Crippen molar-refractivity contribution in [3.63, 3.8) is 0 Å². The lowest BCUT2D eigenvalue weighted by Gasteiger charge is -2.22. The molecule has 1 aromatic rings. The molecular formula is C12H21NOS2. The van der Waals surface area contributed by atoms with Crippen LogP contribution in [0.15, 0.2) is 17.5 Å². The van der Waals surface area contributed by atoms with Crippen LogP contribution >= 0.6 is 23.1 Å². The lowest BCUT2D eigenvalue weighted by atomic mass is 10.1. The summed E-state index contributed by atoms with van der Waals surface area (Å²) in [6, 6.07) is 3.96. The van der Waals surface area contributed by atoms with Gasteiger partial charge in [0.2, 0.25) is 0 Å². The van der Waals surface area contributed by atoms with Gasteiger partial charge in [-0.2, -0.15) is 11.8 Å². The molecule has 0 aliphatic carbocycles. The Morgan fingerprint density at radius 2 is 2.38 bits per heavy atom. The van der Waals surface area contributed by atoms with Crippen molar-refractivity contribution in [3.8, 4) is 0 Å². The molecule has 0 spiro atoms. The average Bonchev–Trinajstić information content (AvgIpc) is 2.77. The smallest absolute Gasteiger partial charge is 0.108 e. The van der Waals surface area contributed by atoms with Gasteiger partial charge >= 0.3 is 0 Å². The Kier molecular flexibility index (Phi) is 6.43. The third-order valence-corrected chi connectivity index (χ3v) is 4.48. The van der Waals surface area contributed by atoms with E-state index in [0.29, 0.717) is 6.54 Å². The fraction of sp³-hybridized carbons (Fsp3) is 0.667. The molecule has 4 heteroatoms. The Hall–Kier alpha value is -0.0300. The molecule has 1 aromatic heterocycles. The van der Waals surface area contributed by atoms with Gasteiger partial charge in [-0.15, -0.1) is 11.3 Å². The molecule has 0 aliphatic rings. The molecule has 1 heterocycles. The summed E-state index contributed by atoms with van der Waals surface area (Å²) in [6.07, 6.45) is 1.17. The van der Waals surface area contributed by atoms with Crippen molar-refractivity contribution in [1.29, 1.82) is 0 Å². The summed E-state index contributed by atoms with van der Waals surface area (Å²) in [6.45, 7) is 5.66. The third-order valence-electron chi connectivity index (χ3n) is 2.37. The van der Waals surface area contributed by atoms with Crippen LogP contribution < -0.4 is 5.32 Å². The maximum absolute atomic E-state index is 10.2. The van der Waals surface area contributed by atoms with E-state index in [1.807, 2.05) is 36.2 Å². The van der Waals surface area contributed by atoms with Gasteiger partial charge in [0.05, 0.1) is 0 Å². The van der Waals surface area contributed by atoms with Crippen LogP contribution in [-0.4, -0.2) is 29.7 Å². The lowest BCUT2D eigenvalue weighted by molar-refractivity contribution is 0.0610. The Labute approximate surface area is 106 Å². The first kappa shape index (κ1) is 14.0. The van der Waals surface area contributed by atoms with Crippen LogP contribution in [0.2, 0.25) is 0 Å². The minimum absolute atomic E-state index is 0.629. The van der Waals surface area contributed by atoms with E-state index in [2.05, 4.69) is 12.2 Å². The second kappa shape index (κ2) is 7.33. The van der Waals surface area contributed by atoms with Gasteiger partial charge in [-0.1, -0.05) is 13.0 Å². The standard InChI is InChI=1S/C12H21NOS2/c1-3-15-8-5-7-13-10-12(2,14)11-6-4-9-16-11/h4,6,9,13-14H,3,5,7-8,10H2,1-2H3. The van der Waals surface area contributed by atoms with Crippen molar-refractivity contribution in [3.05, 3.63) is 22.4 Å². The first-order valence-electron chi connectivity index (χ1n) is 5.71. The van der Waals surface area contributed by atoms with Crippen LogP contribution in [0, 0.1) is 0 Å². The monoisotopic (exact) mass is 259 g/mol. The Morgan fingerprint density at radius 1 is 1.56 bits per heavy atom. The highest BCUT2D eigenvalue weighted by Crippen LogP contribution is 2.24. The summed E-state index contributed by atoms with van der Waals surface area (Å²) < 4.78 is 0. The molecule has 2 nitrogen and oxygen atoms in total. The third kappa shape index (κ3) is 4.87. The van der Waals surface area contributed by atoms with E-state index in [1.165, 1.54) is 17.9 Å². The van der Waals surface area contributed by atoms with E-state index in [-0.39, 0.29) is 0 Å². The molecule has 1 atom stereocenters. The van der Waals surface area contributed by atoms with Crippen LogP contribution in [0.3, 0.4) is 0 Å². The number of rotatable bonds is 8.